The smallest absolute Gasteiger partial charge is 0.326 e. The number of H-pyrrole nitrogens is 1. The van der Waals surface area contributed by atoms with Crippen LogP contribution in [0.5, 0.6) is 0 Å². The number of aromatic nitrogens is 2. The number of imidazole rings is 1. The molecule has 0 fully saturated rings. The Morgan fingerprint density at radius 1 is 1.04 bits per heavy atom. The van der Waals surface area contributed by atoms with Gasteiger partial charge in [-0.2, -0.15) is 0 Å². The molecule has 0 bridgehead atoms. The van der Waals surface area contributed by atoms with Crippen molar-refractivity contribution in [2.24, 2.45) is 0 Å². The summed E-state index contributed by atoms with van der Waals surface area (Å²) in [7, 11) is 0. The number of ketones is 1. The summed E-state index contributed by atoms with van der Waals surface area (Å²) in [4.78, 5) is 38.5. The number of hydrogen-bond acceptors (Lipinski definition) is 3. The Bertz CT molecular complexity index is 989. The molecule has 2 aromatic carbocycles. The molecule has 0 saturated heterocycles. The van der Waals surface area contributed by atoms with Gasteiger partial charge in [-0.3, -0.25) is 14.2 Å². The van der Waals surface area contributed by atoms with Gasteiger partial charge >= 0.3 is 5.69 Å². The van der Waals surface area contributed by atoms with Crippen LogP contribution < -0.4 is 11.0 Å². The van der Waals surface area contributed by atoms with Gasteiger partial charge in [-0.05, 0) is 36.4 Å². The SMILES string of the molecule is O=C(CCC(=O)c1ccc(F)cc1)NCCn1c(=O)[nH]c2ccccc21. The molecule has 3 rings (SSSR count). The molecule has 6 nitrogen and oxygen atoms in total. The van der Waals surface area contributed by atoms with Gasteiger partial charge < -0.3 is 10.3 Å². The number of nitrogens with one attached hydrogen (secondary N) is 2. The molecule has 0 atom stereocenters. The number of halogens is 1. The molecule has 7 heteroatoms. The molecule has 134 valence electrons. The number of fused-ring (bicyclic) bond motifs is 1. The van der Waals surface area contributed by atoms with Crippen molar-refractivity contribution >= 4 is 22.7 Å². The van der Waals surface area contributed by atoms with E-state index in [9.17, 15) is 18.8 Å². The number of benzene rings is 2. The first-order valence-electron chi connectivity index (χ1n) is 8.27. The Hall–Kier alpha value is -3.22. The monoisotopic (exact) mass is 355 g/mol. The quantitative estimate of drug-likeness (QED) is 0.638. The molecule has 2 N–H and O–H groups in total. The van der Waals surface area contributed by atoms with Crippen LogP contribution in [0.4, 0.5) is 4.39 Å². The highest BCUT2D eigenvalue weighted by Crippen LogP contribution is 2.09. The second-order valence-electron chi connectivity index (χ2n) is 5.88. The Balaban J connectivity index is 1.48. The molecule has 0 aliphatic heterocycles. The van der Waals surface area contributed by atoms with Crippen molar-refractivity contribution in [1.82, 2.24) is 14.9 Å². The predicted octanol–water partition coefficient (Wildman–Crippen LogP) is 2.25. The van der Waals surface area contributed by atoms with Crippen LogP contribution in [0.25, 0.3) is 11.0 Å². The molecule has 0 unspecified atom stereocenters. The lowest BCUT2D eigenvalue weighted by Crippen LogP contribution is -2.30. The van der Waals surface area contributed by atoms with Crippen LogP contribution in [-0.4, -0.2) is 27.8 Å². The summed E-state index contributed by atoms with van der Waals surface area (Å²) in [5.74, 6) is -0.895. The summed E-state index contributed by atoms with van der Waals surface area (Å²) in [5.41, 5.74) is 1.67. The highest BCUT2D eigenvalue weighted by molar-refractivity contribution is 5.97. The number of carbonyl (C=O) groups excluding carboxylic acids is 2. The van der Waals surface area contributed by atoms with Crippen LogP contribution in [0.15, 0.2) is 53.3 Å². The summed E-state index contributed by atoms with van der Waals surface area (Å²) in [5, 5.41) is 2.70. The largest absolute Gasteiger partial charge is 0.354 e. The third kappa shape index (κ3) is 4.05. The minimum absolute atomic E-state index is 0.0407. The van der Waals surface area contributed by atoms with Crippen molar-refractivity contribution in [2.45, 2.75) is 19.4 Å². The van der Waals surface area contributed by atoms with Crippen molar-refractivity contribution in [1.29, 1.82) is 0 Å². The van der Waals surface area contributed by atoms with Crippen LogP contribution >= 0.6 is 0 Å². The van der Waals surface area contributed by atoms with E-state index in [-0.39, 0.29) is 36.8 Å². The second kappa shape index (κ2) is 7.77. The molecule has 0 spiro atoms. The second-order valence-corrected chi connectivity index (χ2v) is 5.88. The lowest BCUT2D eigenvalue weighted by molar-refractivity contribution is -0.121. The normalized spacial score (nSPS) is 10.8. The molecule has 0 aliphatic rings. The Kier molecular flexibility index (Phi) is 5.26. The van der Waals surface area contributed by atoms with Crippen LogP contribution in [0.2, 0.25) is 0 Å². The summed E-state index contributed by atoms with van der Waals surface area (Å²) >= 11 is 0. The van der Waals surface area contributed by atoms with Crippen molar-refractivity contribution in [3.05, 3.63) is 70.4 Å². The van der Waals surface area contributed by atoms with Gasteiger partial charge in [-0.1, -0.05) is 12.1 Å². The third-order valence-corrected chi connectivity index (χ3v) is 4.08. The van der Waals surface area contributed by atoms with E-state index >= 15 is 0 Å². The maximum Gasteiger partial charge on any atom is 0.326 e. The van der Waals surface area contributed by atoms with E-state index in [2.05, 4.69) is 10.3 Å². The molecular weight excluding hydrogens is 337 g/mol. The fourth-order valence-electron chi connectivity index (χ4n) is 2.73. The van der Waals surface area contributed by atoms with Gasteiger partial charge in [0, 0.05) is 31.5 Å². The number of amides is 1. The molecule has 3 aromatic rings. The first kappa shape index (κ1) is 17.6. The number of carbonyl (C=O) groups is 2. The summed E-state index contributed by atoms with van der Waals surface area (Å²) < 4.78 is 14.4. The highest BCUT2D eigenvalue weighted by atomic mass is 19.1. The Morgan fingerprint density at radius 2 is 1.77 bits per heavy atom. The number of Topliss-reactive ketones (excluding diaryl/α,β-unsaturated/α-hetero) is 1. The van der Waals surface area contributed by atoms with E-state index < -0.39 is 5.82 Å². The predicted molar refractivity (Wildman–Crippen MR) is 95.5 cm³/mol. The molecule has 26 heavy (non-hydrogen) atoms. The summed E-state index contributed by atoms with van der Waals surface area (Å²) in [6.45, 7) is 0.617. The average Bonchev–Trinajstić information content (AvgIpc) is 2.96. The Labute approximate surface area is 148 Å². The van der Waals surface area contributed by atoms with Crippen molar-refractivity contribution < 1.29 is 14.0 Å². The van der Waals surface area contributed by atoms with E-state index in [1.807, 2.05) is 24.3 Å². The molecule has 0 aliphatic carbocycles. The maximum absolute atomic E-state index is 12.8. The van der Waals surface area contributed by atoms with Gasteiger partial charge in [0.25, 0.3) is 0 Å². The molecule has 0 saturated carbocycles. The first-order chi connectivity index (χ1) is 12.5. The third-order valence-electron chi connectivity index (χ3n) is 4.08. The van der Waals surface area contributed by atoms with Gasteiger partial charge in [0.05, 0.1) is 11.0 Å². The van der Waals surface area contributed by atoms with Gasteiger partial charge in [0.15, 0.2) is 5.78 Å². The van der Waals surface area contributed by atoms with E-state index in [4.69, 9.17) is 0 Å². The Morgan fingerprint density at radius 3 is 2.54 bits per heavy atom. The van der Waals surface area contributed by atoms with Crippen molar-refractivity contribution in [3.8, 4) is 0 Å². The van der Waals surface area contributed by atoms with Crippen LogP contribution in [-0.2, 0) is 11.3 Å². The van der Waals surface area contributed by atoms with Gasteiger partial charge in [0.2, 0.25) is 5.91 Å². The maximum atomic E-state index is 12.8. The van der Waals surface area contributed by atoms with Gasteiger partial charge in [0.1, 0.15) is 5.82 Å². The fraction of sp³-hybridized carbons (Fsp3) is 0.211. The topological polar surface area (TPSA) is 84.0 Å². The van der Waals surface area contributed by atoms with E-state index in [1.165, 1.54) is 24.3 Å². The van der Waals surface area contributed by atoms with E-state index in [0.717, 1.165) is 11.0 Å². The first-order valence-corrected chi connectivity index (χ1v) is 8.27. The zero-order chi connectivity index (χ0) is 18.5. The van der Waals surface area contributed by atoms with Crippen molar-refractivity contribution in [2.75, 3.05) is 6.54 Å². The molecule has 1 aromatic heterocycles. The number of para-hydroxylation sites is 2. The minimum atomic E-state index is -0.410. The van der Waals surface area contributed by atoms with Crippen LogP contribution in [0.1, 0.15) is 23.2 Å². The zero-order valence-corrected chi connectivity index (χ0v) is 14.0. The number of nitrogens with zero attached hydrogens (tertiary/aromatic N) is 1. The van der Waals surface area contributed by atoms with Crippen molar-refractivity contribution in [3.63, 3.8) is 0 Å². The number of rotatable bonds is 7. The fourth-order valence-corrected chi connectivity index (χ4v) is 2.73. The van der Waals surface area contributed by atoms with Crippen LogP contribution in [0, 0.1) is 5.82 Å². The average molecular weight is 355 g/mol. The lowest BCUT2D eigenvalue weighted by Gasteiger charge is -2.06. The lowest BCUT2D eigenvalue weighted by atomic mass is 10.1. The number of aromatic amines is 1. The molecular formula is C19H18FN3O3. The van der Waals surface area contributed by atoms with Crippen LogP contribution in [0.3, 0.4) is 0 Å². The molecule has 0 radical (unpaired) electrons. The van der Waals surface area contributed by atoms with Gasteiger partial charge in [-0.15, -0.1) is 0 Å². The van der Waals surface area contributed by atoms with E-state index in [1.54, 1.807) is 4.57 Å². The van der Waals surface area contributed by atoms with Gasteiger partial charge in [-0.25, -0.2) is 9.18 Å². The molecule has 1 heterocycles. The summed E-state index contributed by atoms with van der Waals surface area (Å²) in [6, 6.07) is 12.5. The minimum Gasteiger partial charge on any atom is -0.354 e. The highest BCUT2D eigenvalue weighted by Gasteiger charge is 2.10. The zero-order valence-electron chi connectivity index (χ0n) is 14.0. The standard InChI is InChI=1S/C19H18FN3O3/c20-14-7-5-13(6-8-14)17(24)9-10-18(25)21-11-12-23-16-4-2-1-3-15(16)22-19(23)26/h1-8H,9-12H2,(H,21,25)(H,22,26). The summed E-state index contributed by atoms with van der Waals surface area (Å²) in [6.07, 6.45) is 0.0868. The molecule has 1 amide bonds. The number of hydrogen-bond donors (Lipinski definition) is 2. The van der Waals surface area contributed by atoms with E-state index in [0.29, 0.717) is 12.1 Å².